The highest BCUT2D eigenvalue weighted by Gasteiger charge is 2.07. The molecule has 0 bridgehead atoms. The monoisotopic (exact) mass is 303 g/mol. The van der Waals surface area contributed by atoms with E-state index in [0.29, 0.717) is 0 Å². The fourth-order valence-corrected chi connectivity index (χ4v) is 2.27. The van der Waals surface area contributed by atoms with E-state index in [1.54, 1.807) is 6.92 Å². The molecule has 0 fully saturated rings. The van der Waals surface area contributed by atoms with E-state index in [1.807, 2.05) is 18.2 Å². The van der Waals surface area contributed by atoms with E-state index in [0.717, 1.165) is 24.1 Å². The summed E-state index contributed by atoms with van der Waals surface area (Å²) >= 11 is 0. The summed E-state index contributed by atoms with van der Waals surface area (Å²) in [5, 5.41) is 0. The van der Waals surface area contributed by atoms with Crippen molar-refractivity contribution in [2.75, 3.05) is 20.6 Å². The topological polar surface area (TPSA) is 20.3 Å². The van der Waals surface area contributed by atoms with Crippen LogP contribution in [0.3, 0.4) is 0 Å². The number of Topliss-reactive ketones (excluding diaryl/α,β-unsaturated/α-hetero) is 1. The highest BCUT2D eigenvalue weighted by molar-refractivity contribution is 5.95. The Morgan fingerprint density at radius 2 is 1.76 bits per heavy atom. The molecule has 2 rings (SSSR count). The number of hydrogen-bond donors (Lipinski definition) is 0. The van der Waals surface area contributed by atoms with E-state index in [-0.39, 0.29) is 18.2 Å². The van der Waals surface area contributed by atoms with Gasteiger partial charge in [0.1, 0.15) is 0 Å². The Morgan fingerprint density at radius 1 is 1.05 bits per heavy atom. The van der Waals surface area contributed by atoms with Gasteiger partial charge in [-0.25, -0.2) is 0 Å². The van der Waals surface area contributed by atoms with Crippen molar-refractivity contribution < 1.29 is 4.79 Å². The normalized spacial score (nSPS) is 10.3. The summed E-state index contributed by atoms with van der Waals surface area (Å²) in [7, 11) is 4.16. The van der Waals surface area contributed by atoms with Gasteiger partial charge in [0.25, 0.3) is 0 Å². The van der Waals surface area contributed by atoms with Gasteiger partial charge in [-0.05, 0) is 50.2 Å². The van der Waals surface area contributed by atoms with Crippen molar-refractivity contribution in [3.63, 3.8) is 0 Å². The smallest absolute Gasteiger partial charge is 0.159 e. The Kier molecular flexibility index (Phi) is 6.60. The van der Waals surface area contributed by atoms with Gasteiger partial charge in [-0.2, -0.15) is 0 Å². The van der Waals surface area contributed by atoms with Crippen molar-refractivity contribution >= 4 is 18.2 Å². The van der Waals surface area contributed by atoms with E-state index in [1.165, 1.54) is 11.1 Å². The number of nitrogens with zero attached hydrogens (tertiary/aromatic N) is 1. The molecular formula is C18H22ClNO. The summed E-state index contributed by atoms with van der Waals surface area (Å²) in [6, 6.07) is 16.3. The molecular weight excluding hydrogens is 282 g/mol. The quantitative estimate of drug-likeness (QED) is 0.776. The molecule has 0 aliphatic carbocycles. The van der Waals surface area contributed by atoms with Gasteiger partial charge in [-0.1, -0.05) is 42.5 Å². The SMILES string of the molecule is CC(=O)c1cccc(-c2ccccc2CCN(C)C)c1.Cl. The van der Waals surface area contributed by atoms with Crippen LogP contribution < -0.4 is 0 Å². The lowest BCUT2D eigenvalue weighted by Gasteiger charge is -2.13. The molecule has 0 aliphatic rings. The summed E-state index contributed by atoms with van der Waals surface area (Å²) in [6.07, 6.45) is 1.01. The molecule has 21 heavy (non-hydrogen) atoms. The zero-order valence-corrected chi connectivity index (χ0v) is 13.6. The first kappa shape index (κ1) is 17.4. The van der Waals surface area contributed by atoms with Gasteiger partial charge in [-0.15, -0.1) is 12.4 Å². The number of rotatable bonds is 5. The van der Waals surface area contributed by atoms with Gasteiger partial charge < -0.3 is 4.90 Å². The Hall–Kier alpha value is -1.64. The molecule has 0 amide bonds. The fraction of sp³-hybridized carbons (Fsp3) is 0.278. The summed E-state index contributed by atoms with van der Waals surface area (Å²) < 4.78 is 0. The van der Waals surface area contributed by atoms with E-state index in [4.69, 9.17) is 0 Å². The van der Waals surface area contributed by atoms with Gasteiger partial charge in [0, 0.05) is 12.1 Å². The molecule has 0 spiro atoms. The first-order valence-electron chi connectivity index (χ1n) is 6.92. The Bertz CT molecular complexity index is 608. The summed E-state index contributed by atoms with van der Waals surface area (Å²) in [5.41, 5.74) is 4.43. The second kappa shape index (κ2) is 7.96. The van der Waals surface area contributed by atoms with Crippen LogP contribution in [0.1, 0.15) is 22.8 Å². The molecule has 0 heterocycles. The minimum Gasteiger partial charge on any atom is -0.309 e. The average molecular weight is 304 g/mol. The second-order valence-corrected chi connectivity index (χ2v) is 5.35. The van der Waals surface area contributed by atoms with Crippen LogP contribution in [0.15, 0.2) is 48.5 Å². The van der Waals surface area contributed by atoms with Crippen LogP contribution in [0, 0.1) is 0 Å². The number of halogens is 1. The molecule has 0 saturated carbocycles. The second-order valence-electron chi connectivity index (χ2n) is 5.35. The zero-order valence-electron chi connectivity index (χ0n) is 12.8. The van der Waals surface area contributed by atoms with Crippen LogP contribution in [0.4, 0.5) is 0 Å². The minimum absolute atomic E-state index is 0. The van der Waals surface area contributed by atoms with Crippen molar-refractivity contribution in [1.82, 2.24) is 4.90 Å². The van der Waals surface area contributed by atoms with Crippen LogP contribution in [-0.4, -0.2) is 31.3 Å². The third-order valence-corrected chi connectivity index (χ3v) is 3.43. The van der Waals surface area contributed by atoms with Crippen LogP contribution in [0.5, 0.6) is 0 Å². The number of benzene rings is 2. The Balaban J connectivity index is 0.00000220. The van der Waals surface area contributed by atoms with Gasteiger partial charge in [0.2, 0.25) is 0 Å². The molecule has 112 valence electrons. The zero-order chi connectivity index (χ0) is 14.5. The average Bonchev–Trinajstić information content (AvgIpc) is 2.45. The van der Waals surface area contributed by atoms with Crippen LogP contribution in [0.2, 0.25) is 0 Å². The molecule has 2 aromatic rings. The van der Waals surface area contributed by atoms with Crippen LogP contribution in [-0.2, 0) is 6.42 Å². The molecule has 0 radical (unpaired) electrons. The number of carbonyl (C=O) groups excluding carboxylic acids is 1. The molecule has 2 aromatic carbocycles. The van der Waals surface area contributed by atoms with Gasteiger partial charge in [0.05, 0.1) is 0 Å². The van der Waals surface area contributed by atoms with Crippen LogP contribution in [0.25, 0.3) is 11.1 Å². The largest absolute Gasteiger partial charge is 0.309 e. The third-order valence-electron chi connectivity index (χ3n) is 3.43. The predicted molar refractivity (Wildman–Crippen MR) is 91.4 cm³/mol. The molecule has 0 aromatic heterocycles. The van der Waals surface area contributed by atoms with Gasteiger partial charge in [-0.3, -0.25) is 4.79 Å². The number of carbonyl (C=O) groups is 1. The molecule has 0 aliphatic heterocycles. The maximum absolute atomic E-state index is 11.5. The number of ketones is 1. The summed E-state index contributed by atoms with van der Waals surface area (Å²) in [6.45, 7) is 2.63. The highest BCUT2D eigenvalue weighted by atomic mass is 35.5. The number of hydrogen-bond acceptors (Lipinski definition) is 2. The van der Waals surface area contributed by atoms with Crippen molar-refractivity contribution in [2.24, 2.45) is 0 Å². The predicted octanol–water partition coefficient (Wildman–Crippen LogP) is 4.08. The minimum atomic E-state index is 0. The lowest BCUT2D eigenvalue weighted by atomic mass is 9.95. The highest BCUT2D eigenvalue weighted by Crippen LogP contribution is 2.25. The van der Waals surface area contributed by atoms with E-state index >= 15 is 0 Å². The summed E-state index contributed by atoms with van der Waals surface area (Å²) in [4.78, 5) is 13.7. The molecule has 0 N–H and O–H groups in total. The van der Waals surface area contributed by atoms with Gasteiger partial charge >= 0.3 is 0 Å². The van der Waals surface area contributed by atoms with Crippen molar-refractivity contribution in [2.45, 2.75) is 13.3 Å². The van der Waals surface area contributed by atoms with Crippen LogP contribution >= 0.6 is 12.4 Å². The molecule has 2 nitrogen and oxygen atoms in total. The molecule has 3 heteroatoms. The van der Waals surface area contributed by atoms with Crippen molar-refractivity contribution in [3.05, 3.63) is 59.7 Å². The van der Waals surface area contributed by atoms with Crippen molar-refractivity contribution in [3.8, 4) is 11.1 Å². The molecule has 0 saturated heterocycles. The molecule has 0 unspecified atom stereocenters. The first-order valence-corrected chi connectivity index (χ1v) is 6.92. The van der Waals surface area contributed by atoms with E-state index in [2.05, 4.69) is 49.3 Å². The maximum atomic E-state index is 11.5. The Morgan fingerprint density at radius 3 is 2.43 bits per heavy atom. The van der Waals surface area contributed by atoms with E-state index in [9.17, 15) is 4.79 Å². The maximum Gasteiger partial charge on any atom is 0.159 e. The lowest BCUT2D eigenvalue weighted by molar-refractivity contribution is 0.101. The van der Waals surface area contributed by atoms with Gasteiger partial charge in [0.15, 0.2) is 5.78 Å². The Labute approximate surface area is 133 Å². The summed E-state index contributed by atoms with van der Waals surface area (Å²) in [5.74, 6) is 0.109. The fourth-order valence-electron chi connectivity index (χ4n) is 2.27. The third kappa shape index (κ3) is 4.69. The molecule has 0 atom stereocenters. The first-order chi connectivity index (χ1) is 9.58. The van der Waals surface area contributed by atoms with Crippen molar-refractivity contribution in [1.29, 1.82) is 0 Å². The van der Waals surface area contributed by atoms with E-state index < -0.39 is 0 Å². The lowest BCUT2D eigenvalue weighted by Crippen LogP contribution is -2.15. The number of likely N-dealkylation sites (N-methyl/N-ethyl adjacent to an activating group) is 1. The standard InChI is InChI=1S/C18H21NO.ClH/c1-14(20)16-8-6-9-17(13-16)18-10-5-4-7-15(18)11-12-19(2)3;/h4-10,13H,11-12H2,1-3H3;1H.